The fourth-order valence-electron chi connectivity index (χ4n) is 4.68. The highest BCUT2D eigenvalue weighted by Gasteiger charge is 2.41. The molecule has 9 heteroatoms. The first-order valence-corrected chi connectivity index (χ1v) is 11.6. The zero-order valence-corrected chi connectivity index (χ0v) is 19.6. The zero-order valence-electron chi connectivity index (χ0n) is 18.8. The van der Waals surface area contributed by atoms with Gasteiger partial charge in [-0.1, -0.05) is 18.2 Å². The Kier molecular flexibility index (Phi) is 4.91. The van der Waals surface area contributed by atoms with Crippen molar-refractivity contribution in [3.8, 4) is 23.0 Å². The molecular weight excluding hydrogens is 452 g/mol. The van der Waals surface area contributed by atoms with E-state index in [1.54, 1.807) is 39.0 Å². The van der Waals surface area contributed by atoms with Crippen LogP contribution in [0.25, 0.3) is 5.70 Å². The number of nitrogens with one attached hydrogen (secondary N) is 1. The molecule has 0 spiro atoms. The van der Waals surface area contributed by atoms with Gasteiger partial charge in [0.05, 0.1) is 27.0 Å². The van der Waals surface area contributed by atoms with Crippen LogP contribution in [-0.2, 0) is 0 Å². The normalized spacial score (nSPS) is 18.2. The van der Waals surface area contributed by atoms with E-state index in [1.165, 1.54) is 0 Å². The average molecular weight is 475 g/mol. The van der Waals surface area contributed by atoms with Gasteiger partial charge in [0.2, 0.25) is 11.7 Å². The van der Waals surface area contributed by atoms with Crippen LogP contribution in [0.5, 0.6) is 23.0 Å². The first-order chi connectivity index (χ1) is 16.7. The Morgan fingerprint density at radius 3 is 2.50 bits per heavy atom. The molecule has 172 valence electrons. The number of anilines is 1. The van der Waals surface area contributed by atoms with Crippen molar-refractivity contribution in [1.82, 2.24) is 14.8 Å². The van der Waals surface area contributed by atoms with Gasteiger partial charge in [-0.15, -0.1) is 11.3 Å². The highest BCUT2D eigenvalue weighted by atomic mass is 32.1. The molecule has 2 aromatic heterocycles. The zero-order chi connectivity index (χ0) is 23.2. The average Bonchev–Trinajstić information content (AvgIpc) is 3.58. The van der Waals surface area contributed by atoms with Gasteiger partial charge in [-0.05, 0) is 41.3 Å². The number of nitrogens with zero attached hydrogens (tertiary/aromatic N) is 3. The fraction of sp³-hybridized carbons (Fsp3) is 0.200. The van der Waals surface area contributed by atoms with Gasteiger partial charge in [0.1, 0.15) is 18.1 Å². The third kappa shape index (κ3) is 3.04. The van der Waals surface area contributed by atoms with Crippen LogP contribution in [0.4, 0.5) is 5.95 Å². The smallest absolute Gasteiger partial charge is 0.226 e. The molecule has 4 heterocycles. The van der Waals surface area contributed by atoms with Gasteiger partial charge in [-0.2, -0.15) is 10.1 Å². The summed E-state index contributed by atoms with van der Waals surface area (Å²) in [6, 6.07) is 15.8. The van der Waals surface area contributed by atoms with E-state index in [1.807, 2.05) is 41.1 Å². The van der Waals surface area contributed by atoms with Crippen molar-refractivity contribution >= 4 is 23.0 Å². The van der Waals surface area contributed by atoms with Gasteiger partial charge >= 0.3 is 0 Å². The Hall–Kier alpha value is -3.98. The number of hydrogen-bond acceptors (Lipinski definition) is 8. The summed E-state index contributed by atoms with van der Waals surface area (Å²) in [4.78, 5) is 5.59. The topological polar surface area (TPSA) is 79.7 Å². The van der Waals surface area contributed by atoms with E-state index in [2.05, 4.69) is 32.9 Å². The minimum absolute atomic E-state index is 0.307. The van der Waals surface area contributed by atoms with Crippen molar-refractivity contribution in [2.75, 3.05) is 26.6 Å². The molecule has 0 saturated carbocycles. The molecule has 0 amide bonds. The van der Waals surface area contributed by atoms with Gasteiger partial charge in [0, 0.05) is 16.0 Å². The van der Waals surface area contributed by atoms with Crippen LogP contribution in [-0.4, -0.2) is 36.1 Å². The van der Waals surface area contributed by atoms with Gasteiger partial charge < -0.3 is 24.3 Å². The molecule has 34 heavy (non-hydrogen) atoms. The van der Waals surface area contributed by atoms with Crippen molar-refractivity contribution in [2.45, 2.75) is 12.1 Å². The predicted octanol–water partition coefficient (Wildman–Crippen LogP) is 4.93. The molecule has 0 saturated heterocycles. The lowest BCUT2D eigenvalue weighted by Gasteiger charge is -2.38. The summed E-state index contributed by atoms with van der Waals surface area (Å²) >= 11 is 1.66. The van der Waals surface area contributed by atoms with Crippen molar-refractivity contribution < 1.29 is 18.9 Å². The first kappa shape index (κ1) is 20.6. The quantitative estimate of drug-likeness (QED) is 0.440. The monoisotopic (exact) mass is 474 g/mol. The van der Waals surface area contributed by atoms with Gasteiger partial charge in [0.25, 0.3) is 0 Å². The molecule has 2 aliphatic heterocycles. The number of para-hydroxylation sites is 1. The molecule has 2 atom stereocenters. The molecule has 0 fully saturated rings. The van der Waals surface area contributed by atoms with Crippen LogP contribution in [0.15, 0.2) is 65.8 Å². The molecule has 2 aromatic carbocycles. The maximum Gasteiger partial charge on any atom is 0.226 e. The van der Waals surface area contributed by atoms with Crippen LogP contribution in [0.1, 0.15) is 28.1 Å². The summed E-state index contributed by atoms with van der Waals surface area (Å²) in [5.74, 6) is 3.16. The first-order valence-electron chi connectivity index (χ1n) is 10.7. The second kappa shape index (κ2) is 8.11. The predicted molar refractivity (Wildman–Crippen MR) is 129 cm³/mol. The summed E-state index contributed by atoms with van der Waals surface area (Å²) in [6.07, 6.45) is 1.25. The highest BCUT2D eigenvalue weighted by molar-refractivity contribution is 7.10. The summed E-state index contributed by atoms with van der Waals surface area (Å²) in [7, 11) is 4.83. The van der Waals surface area contributed by atoms with E-state index in [-0.39, 0.29) is 12.1 Å². The minimum atomic E-state index is -0.317. The molecule has 0 bridgehead atoms. The third-order valence-corrected chi connectivity index (χ3v) is 7.04. The molecular formula is C25H22N4O4S. The van der Waals surface area contributed by atoms with Crippen molar-refractivity contribution in [1.29, 1.82) is 0 Å². The molecule has 4 aromatic rings. The number of aromatic nitrogens is 3. The number of hydrogen-bond donors (Lipinski definition) is 1. The Balaban J connectivity index is 1.64. The Bertz CT molecular complexity index is 1370. The number of rotatable bonds is 5. The SMILES string of the molecule is COc1cc([C@@H]2C3=C(Nc4ncnn42)c2ccccc2O[C@H]3c2cccs2)cc(OC)c1OC. The van der Waals surface area contributed by atoms with Crippen LogP contribution in [0.3, 0.4) is 0 Å². The summed E-state index contributed by atoms with van der Waals surface area (Å²) in [5, 5.41) is 10.1. The number of thiophene rings is 1. The second-order valence-electron chi connectivity index (χ2n) is 7.85. The maximum atomic E-state index is 6.61. The fourth-order valence-corrected chi connectivity index (χ4v) is 5.45. The summed E-state index contributed by atoms with van der Waals surface area (Å²) in [5.41, 5.74) is 3.91. The standard InChI is InChI=1S/C25H22N4O4S/c1-30-17-11-14(12-18(31-2)23(17)32-3)22-20-21(28-25-26-13-27-29(22)25)15-7-4-5-8-16(15)33-24(20)19-9-6-10-34-19/h4-13,22,24H,1-3H3,(H,26,27,28)/t22-,24+/m1/s1. The molecule has 0 aliphatic carbocycles. The van der Waals surface area contributed by atoms with Gasteiger partial charge in [-0.25, -0.2) is 4.68 Å². The molecule has 0 unspecified atom stereocenters. The van der Waals surface area contributed by atoms with E-state index >= 15 is 0 Å². The Morgan fingerprint density at radius 1 is 1.00 bits per heavy atom. The molecule has 1 N–H and O–H groups in total. The lowest BCUT2D eigenvalue weighted by atomic mass is 9.86. The summed E-state index contributed by atoms with van der Waals surface area (Å²) < 4.78 is 25.4. The van der Waals surface area contributed by atoms with Crippen LogP contribution in [0.2, 0.25) is 0 Å². The van der Waals surface area contributed by atoms with E-state index in [4.69, 9.17) is 18.9 Å². The number of benzene rings is 2. The lowest BCUT2D eigenvalue weighted by Crippen LogP contribution is -2.32. The molecule has 8 nitrogen and oxygen atoms in total. The number of ether oxygens (including phenoxy) is 4. The van der Waals surface area contributed by atoms with Crippen molar-refractivity contribution in [2.24, 2.45) is 0 Å². The maximum absolute atomic E-state index is 6.61. The molecule has 6 rings (SSSR count). The van der Waals surface area contributed by atoms with E-state index in [0.29, 0.717) is 23.2 Å². The Morgan fingerprint density at radius 2 is 1.79 bits per heavy atom. The summed E-state index contributed by atoms with van der Waals surface area (Å²) in [6.45, 7) is 0. The van der Waals surface area contributed by atoms with Crippen LogP contribution in [0, 0.1) is 0 Å². The van der Waals surface area contributed by atoms with Gasteiger partial charge in [-0.3, -0.25) is 0 Å². The number of methoxy groups -OCH3 is 3. The van der Waals surface area contributed by atoms with Crippen LogP contribution >= 0.6 is 11.3 Å². The van der Waals surface area contributed by atoms with E-state index in [9.17, 15) is 0 Å². The van der Waals surface area contributed by atoms with Crippen molar-refractivity contribution in [3.05, 3.63) is 81.8 Å². The second-order valence-corrected chi connectivity index (χ2v) is 8.83. The number of fused-ring (bicyclic) bond motifs is 3. The van der Waals surface area contributed by atoms with Gasteiger partial charge in [0.15, 0.2) is 17.6 Å². The largest absolute Gasteiger partial charge is 0.493 e. The van der Waals surface area contributed by atoms with Crippen LogP contribution < -0.4 is 24.3 Å². The van der Waals surface area contributed by atoms with Crippen molar-refractivity contribution in [3.63, 3.8) is 0 Å². The minimum Gasteiger partial charge on any atom is -0.493 e. The lowest BCUT2D eigenvalue weighted by molar-refractivity contribution is 0.226. The highest BCUT2D eigenvalue weighted by Crippen LogP contribution is 2.52. The molecule has 0 radical (unpaired) electrons. The van der Waals surface area contributed by atoms with E-state index < -0.39 is 0 Å². The molecule has 2 aliphatic rings. The third-order valence-electron chi connectivity index (χ3n) is 6.13. The Labute approximate surface area is 200 Å². The van der Waals surface area contributed by atoms with E-state index in [0.717, 1.165) is 33.0 Å².